The second-order valence-corrected chi connectivity index (χ2v) is 6.28. The van der Waals surface area contributed by atoms with E-state index >= 15 is 0 Å². The molecular weight excluding hydrogens is 266 g/mol. The minimum absolute atomic E-state index is 0.119. The molecule has 21 heavy (non-hydrogen) atoms. The Morgan fingerprint density at radius 2 is 2.05 bits per heavy atom. The quantitative estimate of drug-likeness (QED) is 0.925. The van der Waals surface area contributed by atoms with Gasteiger partial charge in [-0.2, -0.15) is 0 Å². The van der Waals surface area contributed by atoms with Crippen LogP contribution >= 0.6 is 0 Å². The topological polar surface area (TPSA) is 49.8 Å². The van der Waals surface area contributed by atoms with Crippen molar-refractivity contribution >= 4 is 5.97 Å². The lowest BCUT2D eigenvalue weighted by Gasteiger charge is -2.42. The number of rotatable bonds is 4. The minimum Gasteiger partial charge on any atom is -0.493 e. The first-order valence-electron chi connectivity index (χ1n) is 7.86. The van der Waals surface area contributed by atoms with E-state index in [9.17, 15) is 9.90 Å². The Labute approximate surface area is 125 Å². The molecule has 3 rings (SSSR count). The molecule has 1 aliphatic heterocycles. The molecule has 1 aliphatic carbocycles. The molecule has 4 nitrogen and oxygen atoms in total. The van der Waals surface area contributed by atoms with Crippen LogP contribution in [-0.2, 0) is 4.79 Å². The third-order valence-corrected chi connectivity index (χ3v) is 4.75. The van der Waals surface area contributed by atoms with Gasteiger partial charge in [-0.1, -0.05) is 38.0 Å². The molecule has 2 unspecified atom stereocenters. The van der Waals surface area contributed by atoms with Crippen LogP contribution < -0.4 is 4.74 Å². The van der Waals surface area contributed by atoms with E-state index in [1.165, 1.54) is 12.8 Å². The Morgan fingerprint density at radius 1 is 1.33 bits per heavy atom. The molecular formula is C17H23NO3. The van der Waals surface area contributed by atoms with E-state index in [0.29, 0.717) is 18.6 Å². The van der Waals surface area contributed by atoms with Crippen molar-refractivity contribution in [3.05, 3.63) is 29.8 Å². The number of para-hydroxylation sites is 1. The first-order valence-corrected chi connectivity index (χ1v) is 7.86. The maximum absolute atomic E-state index is 11.4. The summed E-state index contributed by atoms with van der Waals surface area (Å²) < 4.78 is 5.81. The van der Waals surface area contributed by atoms with Crippen molar-refractivity contribution in [3.8, 4) is 5.75 Å². The fraction of sp³-hybridized carbons (Fsp3) is 0.588. The first-order chi connectivity index (χ1) is 10.2. The van der Waals surface area contributed by atoms with Crippen LogP contribution in [0.1, 0.15) is 44.2 Å². The highest BCUT2D eigenvalue weighted by Gasteiger charge is 2.37. The SMILES string of the molecule is CC1COc2ccccc2C1N(CC(=O)O)C1CCCC1. The predicted octanol–water partition coefficient (Wildman–Crippen LogP) is 3.09. The standard InChI is InChI=1S/C17H23NO3/c1-12-11-21-15-9-5-4-8-14(15)17(12)18(10-16(19)20)13-6-2-3-7-13/h4-5,8-9,12-13,17H,2-3,6-7,10-11H2,1H3,(H,19,20). The molecule has 2 aliphatic rings. The normalized spacial score (nSPS) is 25.6. The third-order valence-electron chi connectivity index (χ3n) is 4.75. The molecule has 1 heterocycles. The molecule has 1 N–H and O–H groups in total. The summed E-state index contributed by atoms with van der Waals surface area (Å²) >= 11 is 0. The van der Waals surface area contributed by atoms with E-state index in [0.717, 1.165) is 24.2 Å². The summed E-state index contributed by atoms with van der Waals surface area (Å²) in [6, 6.07) is 8.60. The summed E-state index contributed by atoms with van der Waals surface area (Å²) in [5.41, 5.74) is 1.14. The maximum atomic E-state index is 11.4. The fourth-order valence-corrected chi connectivity index (χ4v) is 3.83. The summed E-state index contributed by atoms with van der Waals surface area (Å²) in [5.74, 6) is 0.479. The highest BCUT2D eigenvalue weighted by molar-refractivity contribution is 5.69. The minimum atomic E-state index is -0.738. The Kier molecular flexibility index (Phi) is 4.15. The van der Waals surface area contributed by atoms with Crippen molar-refractivity contribution in [3.63, 3.8) is 0 Å². The second kappa shape index (κ2) is 6.06. The van der Waals surface area contributed by atoms with Crippen LogP contribution in [0.25, 0.3) is 0 Å². The molecule has 1 aromatic carbocycles. The highest BCUT2D eigenvalue weighted by atomic mass is 16.5. The number of ether oxygens (including phenoxy) is 1. The maximum Gasteiger partial charge on any atom is 0.317 e. The Morgan fingerprint density at radius 3 is 2.76 bits per heavy atom. The van der Waals surface area contributed by atoms with Crippen molar-refractivity contribution in [2.24, 2.45) is 5.92 Å². The Hall–Kier alpha value is -1.55. The van der Waals surface area contributed by atoms with Crippen molar-refractivity contribution < 1.29 is 14.6 Å². The van der Waals surface area contributed by atoms with Crippen molar-refractivity contribution in [2.45, 2.75) is 44.7 Å². The number of carbonyl (C=O) groups is 1. The van der Waals surface area contributed by atoms with E-state index in [1.807, 2.05) is 18.2 Å². The van der Waals surface area contributed by atoms with Crippen LogP contribution in [0.15, 0.2) is 24.3 Å². The fourth-order valence-electron chi connectivity index (χ4n) is 3.83. The molecule has 0 amide bonds. The van der Waals surface area contributed by atoms with Crippen LogP contribution in [0, 0.1) is 5.92 Å². The number of benzene rings is 1. The number of aliphatic carboxylic acids is 1. The van der Waals surface area contributed by atoms with Crippen molar-refractivity contribution in [1.29, 1.82) is 0 Å². The van der Waals surface area contributed by atoms with E-state index in [-0.39, 0.29) is 12.6 Å². The first kappa shape index (κ1) is 14.4. The van der Waals surface area contributed by atoms with Gasteiger partial charge in [-0.3, -0.25) is 9.69 Å². The molecule has 2 atom stereocenters. The molecule has 0 aromatic heterocycles. The van der Waals surface area contributed by atoms with Gasteiger partial charge in [0.15, 0.2) is 0 Å². The number of hydrogen-bond donors (Lipinski definition) is 1. The van der Waals surface area contributed by atoms with E-state index < -0.39 is 5.97 Å². The molecule has 1 aromatic rings. The summed E-state index contributed by atoms with van der Waals surface area (Å²) in [6.07, 6.45) is 4.64. The van der Waals surface area contributed by atoms with E-state index in [2.05, 4.69) is 17.9 Å². The molecule has 114 valence electrons. The van der Waals surface area contributed by atoms with Gasteiger partial charge in [-0.05, 0) is 18.9 Å². The third kappa shape index (κ3) is 2.91. The van der Waals surface area contributed by atoms with Gasteiger partial charge in [0.2, 0.25) is 0 Å². The second-order valence-electron chi connectivity index (χ2n) is 6.28. The van der Waals surface area contributed by atoms with Crippen LogP contribution in [0.4, 0.5) is 0 Å². The van der Waals surface area contributed by atoms with Gasteiger partial charge in [0.25, 0.3) is 0 Å². The van der Waals surface area contributed by atoms with Crippen LogP contribution in [0.5, 0.6) is 5.75 Å². The smallest absolute Gasteiger partial charge is 0.317 e. The monoisotopic (exact) mass is 289 g/mol. The van der Waals surface area contributed by atoms with Gasteiger partial charge in [0, 0.05) is 23.6 Å². The number of hydrogen-bond acceptors (Lipinski definition) is 3. The zero-order valence-electron chi connectivity index (χ0n) is 12.5. The van der Waals surface area contributed by atoms with Gasteiger partial charge in [0.05, 0.1) is 13.2 Å². The largest absolute Gasteiger partial charge is 0.493 e. The Bertz CT molecular complexity index is 511. The lowest BCUT2D eigenvalue weighted by atomic mass is 9.89. The van der Waals surface area contributed by atoms with Gasteiger partial charge in [-0.25, -0.2) is 0 Å². The predicted molar refractivity (Wildman–Crippen MR) is 80.4 cm³/mol. The summed E-state index contributed by atoms with van der Waals surface area (Å²) in [7, 11) is 0. The van der Waals surface area contributed by atoms with Gasteiger partial charge < -0.3 is 9.84 Å². The Balaban J connectivity index is 1.95. The zero-order valence-corrected chi connectivity index (χ0v) is 12.5. The molecule has 1 fully saturated rings. The molecule has 4 heteroatoms. The van der Waals surface area contributed by atoms with Crippen molar-refractivity contribution in [1.82, 2.24) is 4.90 Å². The highest BCUT2D eigenvalue weighted by Crippen LogP contribution is 2.42. The molecule has 0 spiro atoms. The lowest BCUT2D eigenvalue weighted by Crippen LogP contribution is -2.45. The lowest BCUT2D eigenvalue weighted by molar-refractivity contribution is -0.140. The summed E-state index contributed by atoms with van der Waals surface area (Å²) in [5, 5.41) is 9.34. The van der Waals surface area contributed by atoms with Gasteiger partial charge >= 0.3 is 5.97 Å². The molecule has 0 bridgehead atoms. The number of nitrogens with zero attached hydrogens (tertiary/aromatic N) is 1. The van der Waals surface area contributed by atoms with E-state index in [4.69, 9.17) is 4.74 Å². The zero-order chi connectivity index (χ0) is 14.8. The summed E-state index contributed by atoms with van der Waals surface area (Å²) in [4.78, 5) is 13.6. The van der Waals surface area contributed by atoms with Crippen molar-refractivity contribution in [2.75, 3.05) is 13.2 Å². The van der Waals surface area contributed by atoms with Crippen LogP contribution in [0.2, 0.25) is 0 Å². The van der Waals surface area contributed by atoms with Gasteiger partial charge in [0.1, 0.15) is 5.75 Å². The number of carboxylic acid groups (broad SMARTS) is 1. The van der Waals surface area contributed by atoms with Gasteiger partial charge in [-0.15, -0.1) is 0 Å². The molecule has 0 saturated heterocycles. The average molecular weight is 289 g/mol. The molecule has 1 saturated carbocycles. The van der Waals surface area contributed by atoms with Crippen LogP contribution in [0.3, 0.4) is 0 Å². The number of fused-ring (bicyclic) bond motifs is 1. The van der Waals surface area contributed by atoms with E-state index in [1.54, 1.807) is 0 Å². The molecule has 0 radical (unpaired) electrons. The average Bonchev–Trinajstić information content (AvgIpc) is 2.99. The number of carboxylic acids is 1. The van der Waals surface area contributed by atoms with Crippen LogP contribution in [-0.4, -0.2) is 35.2 Å². The summed E-state index contributed by atoms with van der Waals surface area (Å²) in [6.45, 7) is 2.93.